The minimum absolute atomic E-state index is 0.408. The molecule has 5 heteroatoms. The first kappa shape index (κ1) is 16.6. The quantitative estimate of drug-likeness (QED) is 0.688. The molecule has 2 aromatic rings. The smallest absolute Gasteiger partial charge is 0.336 e. The standard InChI is InChI=1S/C19H22O5/c1-11(2)7-8-22-14-9-12-5-6-16(20)24-17(12)13-10-15(19(3,4)21)23-18(13)14/h5-7,9,15,21H,8,10H2,1-4H3/t15-/m0/s1. The van der Waals surface area contributed by atoms with Gasteiger partial charge in [-0.15, -0.1) is 0 Å². The number of ether oxygens (including phenoxy) is 2. The van der Waals surface area contributed by atoms with E-state index in [0.29, 0.717) is 30.1 Å². The van der Waals surface area contributed by atoms with Crippen molar-refractivity contribution >= 4 is 11.0 Å². The normalized spacial score (nSPS) is 16.6. The van der Waals surface area contributed by atoms with E-state index >= 15 is 0 Å². The average Bonchev–Trinajstić information content (AvgIpc) is 2.93. The van der Waals surface area contributed by atoms with Crippen molar-refractivity contribution in [2.24, 2.45) is 0 Å². The summed E-state index contributed by atoms with van der Waals surface area (Å²) in [6.07, 6.45) is 2.01. The van der Waals surface area contributed by atoms with E-state index in [-0.39, 0.29) is 0 Å². The van der Waals surface area contributed by atoms with Gasteiger partial charge >= 0.3 is 5.63 Å². The zero-order valence-corrected chi connectivity index (χ0v) is 14.4. The Balaban J connectivity index is 2.09. The van der Waals surface area contributed by atoms with Crippen molar-refractivity contribution in [2.75, 3.05) is 6.61 Å². The molecular formula is C19H22O5. The highest BCUT2D eigenvalue weighted by Crippen LogP contribution is 2.44. The Bertz CT molecular complexity index is 850. The monoisotopic (exact) mass is 330 g/mol. The molecule has 0 saturated carbocycles. The molecule has 128 valence electrons. The predicted molar refractivity (Wildman–Crippen MR) is 91.8 cm³/mol. The van der Waals surface area contributed by atoms with E-state index in [2.05, 4.69) is 0 Å². The van der Waals surface area contributed by atoms with Gasteiger partial charge in [0.2, 0.25) is 0 Å². The molecular weight excluding hydrogens is 308 g/mol. The van der Waals surface area contributed by atoms with Gasteiger partial charge in [-0.1, -0.05) is 5.57 Å². The molecule has 1 aliphatic rings. The van der Waals surface area contributed by atoms with Crippen LogP contribution in [-0.2, 0) is 6.42 Å². The van der Waals surface area contributed by atoms with E-state index in [1.807, 2.05) is 26.0 Å². The Kier molecular flexibility index (Phi) is 4.13. The maximum atomic E-state index is 11.6. The summed E-state index contributed by atoms with van der Waals surface area (Å²) in [6, 6.07) is 4.91. The summed E-state index contributed by atoms with van der Waals surface area (Å²) in [5.74, 6) is 1.14. The van der Waals surface area contributed by atoms with Crippen LogP contribution in [0.25, 0.3) is 11.0 Å². The van der Waals surface area contributed by atoms with E-state index < -0.39 is 17.3 Å². The number of hydrogen-bond acceptors (Lipinski definition) is 5. The Morgan fingerprint density at radius 1 is 1.42 bits per heavy atom. The lowest BCUT2D eigenvalue weighted by molar-refractivity contribution is -0.0236. The highest BCUT2D eigenvalue weighted by molar-refractivity contribution is 5.85. The van der Waals surface area contributed by atoms with Crippen LogP contribution in [0.3, 0.4) is 0 Å². The van der Waals surface area contributed by atoms with E-state index in [1.165, 1.54) is 6.07 Å². The zero-order valence-electron chi connectivity index (χ0n) is 14.4. The van der Waals surface area contributed by atoms with Crippen LogP contribution in [0.4, 0.5) is 0 Å². The number of benzene rings is 1. The third-order valence-corrected chi connectivity index (χ3v) is 4.09. The van der Waals surface area contributed by atoms with E-state index in [4.69, 9.17) is 13.9 Å². The van der Waals surface area contributed by atoms with Crippen LogP contribution in [0.2, 0.25) is 0 Å². The summed E-state index contributed by atoms with van der Waals surface area (Å²) in [7, 11) is 0. The fourth-order valence-corrected chi connectivity index (χ4v) is 2.72. The molecule has 2 heterocycles. The third kappa shape index (κ3) is 3.17. The Labute approximate surface area is 140 Å². The molecule has 1 aliphatic heterocycles. The number of allylic oxidation sites excluding steroid dienone is 1. The van der Waals surface area contributed by atoms with Crippen molar-refractivity contribution in [1.82, 2.24) is 0 Å². The molecule has 1 atom stereocenters. The summed E-state index contributed by atoms with van der Waals surface area (Å²) in [6.45, 7) is 7.83. The SMILES string of the molecule is CC(C)=CCOc1cc2ccc(=O)oc2c2c1O[C@H](C(C)(C)O)C2. The third-order valence-electron chi connectivity index (χ3n) is 4.09. The first-order chi connectivity index (χ1) is 11.3. The van der Waals surface area contributed by atoms with Crippen molar-refractivity contribution in [3.63, 3.8) is 0 Å². The molecule has 0 fully saturated rings. The van der Waals surface area contributed by atoms with Crippen LogP contribution in [0.1, 0.15) is 33.3 Å². The van der Waals surface area contributed by atoms with Gasteiger partial charge in [-0.25, -0.2) is 4.79 Å². The van der Waals surface area contributed by atoms with Gasteiger partial charge in [0, 0.05) is 23.4 Å². The van der Waals surface area contributed by atoms with Crippen molar-refractivity contribution in [2.45, 2.75) is 45.8 Å². The average molecular weight is 330 g/mol. The number of rotatable bonds is 4. The van der Waals surface area contributed by atoms with Gasteiger partial charge in [0.15, 0.2) is 11.5 Å². The lowest BCUT2D eigenvalue weighted by Crippen LogP contribution is -2.39. The van der Waals surface area contributed by atoms with Gasteiger partial charge in [0.1, 0.15) is 18.3 Å². The van der Waals surface area contributed by atoms with Gasteiger partial charge < -0.3 is 19.0 Å². The maximum absolute atomic E-state index is 11.6. The molecule has 0 saturated heterocycles. The highest BCUT2D eigenvalue weighted by atomic mass is 16.5. The molecule has 5 nitrogen and oxygen atoms in total. The first-order valence-corrected chi connectivity index (χ1v) is 8.00. The van der Waals surface area contributed by atoms with Crippen molar-refractivity contribution < 1.29 is 19.0 Å². The molecule has 1 aromatic heterocycles. The Morgan fingerprint density at radius 2 is 2.17 bits per heavy atom. The van der Waals surface area contributed by atoms with Crippen LogP contribution in [0.15, 0.2) is 39.1 Å². The summed E-state index contributed by atoms with van der Waals surface area (Å²) < 4.78 is 17.2. The lowest BCUT2D eigenvalue weighted by Gasteiger charge is -2.24. The van der Waals surface area contributed by atoms with Crippen LogP contribution < -0.4 is 15.1 Å². The number of aliphatic hydroxyl groups is 1. The van der Waals surface area contributed by atoms with Gasteiger partial charge in [-0.3, -0.25) is 0 Å². The van der Waals surface area contributed by atoms with Crippen molar-refractivity contribution in [3.05, 3.63) is 45.8 Å². The molecule has 0 radical (unpaired) electrons. The predicted octanol–water partition coefficient (Wildman–Crippen LogP) is 3.21. The summed E-state index contributed by atoms with van der Waals surface area (Å²) >= 11 is 0. The fourth-order valence-electron chi connectivity index (χ4n) is 2.72. The fraction of sp³-hybridized carbons (Fsp3) is 0.421. The number of hydrogen-bond donors (Lipinski definition) is 1. The summed E-state index contributed by atoms with van der Waals surface area (Å²) in [5, 5.41) is 11.1. The Morgan fingerprint density at radius 3 is 2.83 bits per heavy atom. The van der Waals surface area contributed by atoms with Gasteiger partial charge in [-0.05, 0) is 45.9 Å². The van der Waals surface area contributed by atoms with Gasteiger partial charge in [0.25, 0.3) is 0 Å². The molecule has 0 amide bonds. The van der Waals surface area contributed by atoms with E-state index in [9.17, 15) is 9.90 Å². The largest absolute Gasteiger partial charge is 0.486 e. The van der Waals surface area contributed by atoms with E-state index in [1.54, 1.807) is 19.9 Å². The van der Waals surface area contributed by atoms with Crippen LogP contribution in [0, 0.1) is 0 Å². The molecule has 0 aliphatic carbocycles. The lowest BCUT2D eigenvalue weighted by atomic mass is 9.96. The molecule has 0 bridgehead atoms. The molecule has 3 rings (SSSR count). The number of fused-ring (bicyclic) bond motifs is 3. The van der Waals surface area contributed by atoms with Crippen molar-refractivity contribution in [1.29, 1.82) is 0 Å². The molecule has 1 aromatic carbocycles. The second kappa shape index (κ2) is 5.98. The van der Waals surface area contributed by atoms with E-state index in [0.717, 1.165) is 16.5 Å². The van der Waals surface area contributed by atoms with Gasteiger partial charge in [0.05, 0.1) is 5.60 Å². The second-order valence-electron chi connectivity index (χ2n) is 6.91. The minimum atomic E-state index is -1.02. The Hall–Kier alpha value is -2.27. The van der Waals surface area contributed by atoms with Gasteiger partial charge in [-0.2, -0.15) is 0 Å². The molecule has 0 unspecified atom stereocenters. The molecule has 1 N–H and O–H groups in total. The summed E-state index contributed by atoms with van der Waals surface area (Å²) in [5.41, 5.74) is 1.00. The maximum Gasteiger partial charge on any atom is 0.336 e. The molecule has 0 spiro atoms. The molecule has 24 heavy (non-hydrogen) atoms. The van der Waals surface area contributed by atoms with Crippen molar-refractivity contribution in [3.8, 4) is 11.5 Å². The van der Waals surface area contributed by atoms with Crippen LogP contribution >= 0.6 is 0 Å². The van der Waals surface area contributed by atoms with Crippen LogP contribution in [0.5, 0.6) is 11.5 Å². The zero-order chi connectivity index (χ0) is 17.5. The topological polar surface area (TPSA) is 68.9 Å². The highest BCUT2D eigenvalue weighted by Gasteiger charge is 2.38. The van der Waals surface area contributed by atoms with Crippen LogP contribution in [-0.4, -0.2) is 23.4 Å². The minimum Gasteiger partial charge on any atom is -0.486 e. The first-order valence-electron chi connectivity index (χ1n) is 8.00. The summed E-state index contributed by atoms with van der Waals surface area (Å²) in [4.78, 5) is 11.6. The second-order valence-corrected chi connectivity index (χ2v) is 6.91.